The molecule has 2 rings (SSSR count). The summed E-state index contributed by atoms with van der Waals surface area (Å²) in [6, 6.07) is 4.47. The van der Waals surface area contributed by atoms with Crippen LogP contribution >= 0.6 is 11.6 Å². The number of halogens is 2. The van der Waals surface area contributed by atoms with Crippen molar-refractivity contribution in [3.05, 3.63) is 57.0 Å². The van der Waals surface area contributed by atoms with Crippen LogP contribution in [0.3, 0.4) is 0 Å². The van der Waals surface area contributed by atoms with Gasteiger partial charge in [0.05, 0.1) is 16.2 Å². The zero-order chi connectivity index (χ0) is 15.6. The summed E-state index contributed by atoms with van der Waals surface area (Å²) in [5, 5.41) is 22.4. The number of benzene rings is 1. The molecule has 0 aliphatic carbocycles. The van der Waals surface area contributed by atoms with Crippen LogP contribution in [-0.4, -0.2) is 21.0 Å². The van der Waals surface area contributed by atoms with E-state index in [1.165, 1.54) is 12.1 Å². The zero-order valence-corrected chi connectivity index (χ0v) is 11.0. The summed E-state index contributed by atoms with van der Waals surface area (Å²) in [6.07, 6.45) is 0.931. The standard InChI is InChI=1S/C12H7ClFN3O4/c13-7-1-2-8(14)9(4-7)16-11-10(17(20)21)3-6(5-15-11)12(18)19/h1-5H,(H,15,16)(H,18,19). The Morgan fingerprint density at radius 3 is 2.76 bits per heavy atom. The van der Waals surface area contributed by atoms with Crippen molar-refractivity contribution in [2.75, 3.05) is 5.32 Å². The Hall–Kier alpha value is -2.74. The lowest BCUT2D eigenvalue weighted by Crippen LogP contribution is -2.05. The molecule has 0 aliphatic rings. The minimum Gasteiger partial charge on any atom is -0.478 e. The van der Waals surface area contributed by atoms with Crippen LogP contribution in [0.15, 0.2) is 30.5 Å². The second-order valence-electron chi connectivity index (χ2n) is 3.90. The van der Waals surface area contributed by atoms with Crippen molar-refractivity contribution in [1.82, 2.24) is 4.98 Å². The number of pyridine rings is 1. The van der Waals surface area contributed by atoms with Gasteiger partial charge in [0.2, 0.25) is 5.82 Å². The lowest BCUT2D eigenvalue weighted by molar-refractivity contribution is -0.384. The number of carboxylic acid groups (broad SMARTS) is 1. The quantitative estimate of drug-likeness (QED) is 0.663. The third-order valence-electron chi connectivity index (χ3n) is 2.49. The molecular formula is C12H7ClFN3O4. The smallest absolute Gasteiger partial charge is 0.337 e. The minimum absolute atomic E-state index is 0.110. The summed E-state index contributed by atoms with van der Waals surface area (Å²) in [7, 11) is 0. The molecule has 1 aromatic heterocycles. The highest BCUT2D eigenvalue weighted by molar-refractivity contribution is 6.30. The van der Waals surface area contributed by atoms with Crippen LogP contribution in [0.25, 0.3) is 0 Å². The predicted octanol–water partition coefficient (Wildman–Crippen LogP) is 3.22. The fraction of sp³-hybridized carbons (Fsp3) is 0. The van der Waals surface area contributed by atoms with Gasteiger partial charge in [-0.05, 0) is 18.2 Å². The Balaban J connectivity index is 2.46. The molecule has 108 valence electrons. The van der Waals surface area contributed by atoms with Crippen molar-refractivity contribution in [3.8, 4) is 0 Å². The first-order valence-corrected chi connectivity index (χ1v) is 5.86. The molecule has 9 heteroatoms. The van der Waals surface area contributed by atoms with Gasteiger partial charge in [-0.3, -0.25) is 10.1 Å². The Labute approximate surface area is 122 Å². The fourth-order valence-corrected chi connectivity index (χ4v) is 1.70. The van der Waals surface area contributed by atoms with Crippen LogP contribution < -0.4 is 5.32 Å². The molecule has 0 bridgehead atoms. The molecule has 7 nitrogen and oxygen atoms in total. The number of carbonyl (C=O) groups is 1. The van der Waals surface area contributed by atoms with E-state index in [4.69, 9.17) is 16.7 Å². The molecule has 2 aromatic rings. The van der Waals surface area contributed by atoms with Crippen LogP contribution in [0.1, 0.15) is 10.4 Å². The Bertz CT molecular complexity index is 738. The Morgan fingerprint density at radius 2 is 2.14 bits per heavy atom. The molecule has 0 radical (unpaired) electrons. The number of aromatic carboxylic acids is 1. The van der Waals surface area contributed by atoms with Crippen LogP contribution in [0.2, 0.25) is 5.02 Å². The zero-order valence-electron chi connectivity index (χ0n) is 10.2. The maximum absolute atomic E-state index is 13.6. The predicted molar refractivity (Wildman–Crippen MR) is 72.5 cm³/mol. The first kappa shape index (κ1) is 14.7. The van der Waals surface area contributed by atoms with E-state index in [2.05, 4.69) is 10.3 Å². The first-order valence-electron chi connectivity index (χ1n) is 5.48. The molecule has 0 atom stereocenters. The second kappa shape index (κ2) is 5.71. The maximum Gasteiger partial charge on any atom is 0.337 e. The Kier molecular flexibility index (Phi) is 3.99. The molecule has 1 aromatic carbocycles. The number of hydrogen-bond acceptors (Lipinski definition) is 5. The normalized spacial score (nSPS) is 10.2. The number of rotatable bonds is 4. The van der Waals surface area contributed by atoms with Gasteiger partial charge in [0.1, 0.15) is 5.82 Å². The van der Waals surface area contributed by atoms with Crippen LogP contribution in [0.4, 0.5) is 21.6 Å². The van der Waals surface area contributed by atoms with Crippen molar-refractivity contribution in [3.63, 3.8) is 0 Å². The summed E-state index contributed by atoms with van der Waals surface area (Å²) in [6.45, 7) is 0. The summed E-state index contributed by atoms with van der Waals surface area (Å²) < 4.78 is 13.6. The Morgan fingerprint density at radius 1 is 1.43 bits per heavy atom. The van der Waals surface area contributed by atoms with Gasteiger partial charge in [-0.2, -0.15) is 0 Å². The maximum atomic E-state index is 13.6. The second-order valence-corrected chi connectivity index (χ2v) is 4.34. The monoisotopic (exact) mass is 311 g/mol. The highest BCUT2D eigenvalue weighted by Crippen LogP contribution is 2.28. The van der Waals surface area contributed by atoms with E-state index in [0.29, 0.717) is 0 Å². The van der Waals surface area contributed by atoms with Crippen LogP contribution in [-0.2, 0) is 0 Å². The molecule has 0 aliphatic heterocycles. The first-order chi connectivity index (χ1) is 9.88. The van der Waals surface area contributed by atoms with Crippen molar-refractivity contribution in [2.24, 2.45) is 0 Å². The van der Waals surface area contributed by atoms with E-state index in [9.17, 15) is 19.3 Å². The van der Waals surface area contributed by atoms with Crippen molar-refractivity contribution < 1.29 is 19.2 Å². The fourth-order valence-electron chi connectivity index (χ4n) is 1.53. The summed E-state index contributed by atoms with van der Waals surface area (Å²) in [5.74, 6) is -2.32. The molecule has 2 N–H and O–H groups in total. The molecule has 0 spiro atoms. The highest BCUT2D eigenvalue weighted by Gasteiger charge is 2.20. The number of hydrogen-bond donors (Lipinski definition) is 2. The molecule has 21 heavy (non-hydrogen) atoms. The van der Waals surface area contributed by atoms with Crippen molar-refractivity contribution in [2.45, 2.75) is 0 Å². The van der Waals surface area contributed by atoms with E-state index < -0.39 is 22.4 Å². The number of aromatic nitrogens is 1. The van der Waals surface area contributed by atoms with Crippen molar-refractivity contribution >= 4 is 34.8 Å². The molecule has 0 saturated heterocycles. The molecule has 0 unspecified atom stereocenters. The van der Waals surface area contributed by atoms with E-state index in [-0.39, 0.29) is 22.1 Å². The average Bonchev–Trinajstić information content (AvgIpc) is 2.42. The highest BCUT2D eigenvalue weighted by atomic mass is 35.5. The van der Waals surface area contributed by atoms with E-state index >= 15 is 0 Å². The summed E-state index contributed by atoms with van der Waals surface area (Å²) in [5.41, 5.74) is -1.05. The molecule has 1 heterocycles. The van der Waals surface area contributed by atoms with Crippen LogP contribution in [0, 0.1) is 15.9 Å². The van der Waals surface area contributed by atoms with Gasteiger partial charge in [0.15, 0.2) is 0 Å². The van der Waals surface area contributed by atoms with Gasteiger partial charge >= 0.3 is 11.7 Å². The van der Waals surface area contributed by atoms with Gasteiger partial charge in [0.25, 0.3) is 0 Å². The van der Waals surface area contributed by atoms with Crippen molar-refractivity contribution in [1.29, 1.82) is 0 Å². The molecular weight excluding hydrogens is 305 g/mol. The number of nitrogens with zero attached hydrogens (tertiary/aromatic N) is 2. The molecule has 0 fully saturated rings. The number of anilines is 2. The number of nitrogens with one attached hydrogen (secondary N) is 1. The molecule has 0 amide bonds. The third kappa shape index (κ3) is 3.23. The SMILES string of the molecule is O=C(O)c1cnc(Nc2cc(Cl)ccc2F)c([N+](=O)[O-])c1. The lowest BCUT2D eigenvalue weighted by Gasteiger charge is -2.08. The average molecular weight is 312 g/mol. The largest absolute Gasteiger partial charge is 0.478 e. The van der Waals surface area contributed by atoms with E-state index in [1.807, 2.05) is 0 Å². The number of nitro groups is 1. The van der Waals surface area contributed by atoms with Gasteiger partial charge in [-0.1, -0.05) is 11.6 Å². The topological polar surface area (TPSA) is 105 Å². The third-order valence-corrected chi connectivity index (χ3v) is 2.73. The van der Waals surface area contributed by atoms with Gasteiger partial charge in [0, 0.05) is 17.3 Å². The van der Waals surface area contributed by atoms with Gasteiger partial charge < -0.3 is 10.4 Å². The molecule has 0 saturated carbocycles. The van der Waals surface area contributed by atoms with E-state index in [0.717, 1.165) is 18.3 Å². The van der Waals surface area contributed by atoms with Gasteiger partial charge in [-0.25, -0.2) is 14.2 Å². The van der Waals surface area contributed by atoms with E-state index in [1.54, 1.807) is 0 Å². The summed E-state index contributed by atoms with van der Waals surface area (Å²) >= 11 is 5.71. The number of carboxylic acids is 1. The lowest BCUT2D eigenvalue weighted by atomic mass is 10.2. The van der Waals surface area contributed by atoms with Crippen LogP contribution in [0.5, 0.6) is 0 Å². The van der Waals surface area contributed by atoms with Gasteiger partial charge in [-0.15, -0.1) is 0 Å². The summed E-state index contributed by atoms with van der Waals surface area (Å²) in [4.78, 5) is 24.6. The minimum atomic E-state index is -1.36.